The highest BCUT2D eigenvalue weighted by molar-refractivity contribution is 5.99. The molecule has 0 bridgehead atoms. The first-order chi connectivity index (χ1) is 9.06. The SMILES string of the molecule is CC(=O)C1=C(C)OC(=N)C(C#N)C1c1ccccc1. The van der Waals surface area contributed by atoms with Gasteiger partial charge in [0.15, 0.2) is 5.78 Å². The number of carbonyl (C=O) groups excluding carboxylic acids is 1. The standard InChI is InChI=1S/C15H14N2O2/c1-9(18)13-10(2)19-15(17)12(8-16)14(13)11-6-4-3-5-7-11/h3-7,12,14,17H,1-2H3. The number of nitrogens with one attached hydrogen (secondary N) is 1. The van der Waals surface area contributed by atoms with Gasteiger partial charge in [0.2, 0.25) is 5.90 Å². The molecule has 0 fully saturated rings. The fraction of sp³-hybridized carbons (Fsp3) is 0.267. The third-order valence-electron chi connectivity index (χ3n) is 3.25. The van der Waals surface area contributed by atoms with E-state index in [2.05, 4.69) is 6.07 Å². The molecule has 1 aliphatic heterocycles. The number of ketones is 1. The number of benzene rings is 1. The molecule has 0 saturated carbocycles. The Labute approximate surface area is 111 Å². The van der Waals surface area contributed by atoms with Crippen LogP contribution in [0, 0.1) is 22.7 Å². The Kier molecular flexibility index (Phi) is 3.48. The first-order valence-electron chi connectivity index (χ1n) is 5.98. The van der Waals surface area contributed by atoms with Crippen molar-refractivity contribution in [3.8, 4) is 6.07 Å². The van der Waals surface area contributed by atoms with Gasteiger partial charge < -0.3 is 4.74 Å². The number of nitrogens with zero attached hydrogens (tertiary/aromatic N) is 1. The van der Waals surface area contributed by atoms with E-state index in [1.54, 1.807) is 6.92 Å². The molecule has 4 heteroatoms. The van der Waals surface area contributed by atoms with Gasteiger partial charge in [0.25, 0.3) is 0 Å². The molecule has 19 heavy (non-hydrogen) atoms. The van der Waals surface area contributed by atoms with Gasteiger partial charge in [-0.2, -0.15) is 5.26 Å². The number of nitriles is 1. The molecule has 96 valence electrons. The molecular formula is C15H14N2O2. The van der Waals surface area contributed by atoms with Crippen LogP contribution in [0.5, 0.6) is 0 Å². The Hall–Kier alpha value is -2.41. The van der Waals surface area contributed by atoms with Crippen molar-refractivity contribution < 1.29 is 9.53 Å². The Morgan fingerprint density at radius 1 is 1.37 bits per heavy atom. The number of carbonyl (C=O) groups is 1. The lowest BCUT2D eigenvalue weighted by atomic mass is 9.77. The zero-order chi connectivity index (χ0) is 14.0. The maximum atomic E-state index is 11.8. The first-order valence-corrected chi connectivity index (χ1v) is 5.98. The molecule has 0 aromatic heterocycles. The summed E-state index contributed by atoms with van der Waals surface area (Å²) >= 11 is 0. The fourth-order valence-corrected chi connectivity index (χ4v) is 2.44. The molecule has 0 radical (unpaired) electrons. The molecule has 1 N–H and O–H groups in total. The normalized spacial score (nSPS) is 22.7. The Bertz CT molecular complexity index is 596. The predicted molar refractivity (Wildman–Crippen MR) is 70.5 cm³/mol. The lowest BCUT2D eigenvalue weighted by molar-refractivity contribution is -0.114. The molecule has 0 aliphatic carbocycles. The maximum Gasteiger partial charge on any atom is 0.205 e. The molecular weight excluding hydrogens is 240 g/mol. The van der Waals surface area contributed by atoms with E-state index in [0.717, 1.165) is 5.56 Å². The zero-order valence-electron chi connectivity index (χ0n) is 10.8. The Morgan fingerprint density at radius 3 is 2.53 bits per heavy atom. The van der Waals surface area contributed by atoms with Gasteiger partial charge in [-0.3, -0.25) is 10.2 Å². The third-order valence-corrected chi connectivity index (χ3v) is 3.25. The molecule has 2 unspecified atom stereocenters. The van der Waals surface area contributed by atoms with Crippen molar-refractivity contribution in [1.29, 1.82) is 10.7 Å². The number of hydrogen-bond acceptors (Lipinski definition) is 4. The highest BCUT2D eigenvalue weighted by Crippen LogP contribution is 2.39. The van der Waals surface area contributed by atoms with Gasteiger partial charge in [0.1, 0.15) is 11.7 Å². The van der Waals surface area contributed by atoms with Crippen molar-refractivity contribution in [2.24, 2.45) is 5.92 Å². The topological polar surface area (TPSA) is 73.9 Å². The Morgan fingerprint density at radius 2 is 2.00 bits per heavy atom. The van der Waals surface area contributed by atoms with Crippen molar-refractivity contribution in [3.63, 3.8) is 0 Å². The van der Waals surface area contributed by atoms with Gasteiger partial charge in [-0.1, -0.05) is 30.3 Å². The number of allylic oxidation sites excluding steroid dienone is 2. The van der Waals surface area contributed by atoms with Gasteiger partial charge in [-0.05, 0) is 19.4 Å². The van der Waals surface area contributed by atoms with Gasteiger partial charge in [0.05, 0.1) is 6.07 Å². The minimum absolute atomic E-state index is 0.0983. The van der Waals surface area contributed by atoms with Crippen LogP contribution in [0.4, 0.5) is 0 Å². The largest absolute Gasteiger partial charge is 0.446 e. The average Bonchev–Trinajstić information content (AvgIpc) is 2.38. The van der Waals surface area contributed by atoms with Gasteiger partial charge in [-0.25, -0.2) is 0 Å². The van der Waals surface area contributed by atoms with Gasteiger partial charge >= 0.3 is 0 Å². The quantitative estimate of drug-likeness (QED) is 0.881. The highest BCUT2D eigenvalue weighted by Gasteiger charge is 2.39. The van der Waals surface area contributed by atoms with Crippen LogP contribution in [-0.2, 0) is 9.53 Å². The van der Waals surface area contributed by atoms with Crippen LogP contribution < -0.4 is 0 Å². The van der Waals surface area contributed by atoms with E-state index in [4.69, 9.17) is 10.1 Å². The molecule has 0 amide bonds. The second-order valence-corrected chi connectivity index (χ2v) is 4.49. The van der Waals surface area contributed by atoms with Crippen molar-refractivity contribution in [2.45, 2.75) is 19.8 Å². The highest BCUT2D eigenvalue weighted by atomic mass is 16.5. The molecule has 1 heterocycles. The van der Waals surface area contributed by atoms with Crippen LogP contribution in [0.2, 0.25) is 0 Å². The van der Waals surface area contributed by atoms with E-state index >= 15 is 0 Å². The van der Waals surface area contributed by atoms with Crippen LogP contribution in [-0.4, -0.2) is 11.7 Å². The summed E-state index contributed by atoms with van der Waals surface area (Å²) < 4.78 is 5.23. The van der Waals surface area contributed by atoms with E-state index in [0.29, 0.717) is 11.3 Å². The summed E-state index contributed by atoms with van der Waals surface area (Å²) in [4.78, 5) is 11.8. The predicted octanol–water partition coefficient (Wildman–Crippen LogP) is 2.78. The lowest BCUT2D eigenvalue weighted by Crippen LogP contribution is -2.31. The Balaban J connectivity index is 2.62. The van der Waals surface area contributed by atoms with Crippen molar-refractivity contribution in [3.05, 3.63) is 47.2 Å². The first kappa shape index (κ1) is 13.0. The molecule has 0 saturated heterocycles. The molecule has 1 aromatic carbocycles. The summed E-state index contributed by atoms with van der Waals surface area (Å²) in [6.45, 7) is 3.12. The number of Topliss-reactive ketones (excluding diaryl/α,β-unsaturated/α-hetero) is 1. The maximum absolute atomic E-state index is 11.8. The summed E-state index contributed by atoms with van der Waals surface area (Å²) in [6.07, 6.45) is 0. The summed E-state index contributed by atoms with van der Waals surface area (Å²) in [6, 6.07) is 11.4. The summed E-state index contributed by atoms with van der Waals surface area (Å²) in [5.41, 5.74) is 1.33. The van der Waals surface area contributed by atoms with Crippen LogP contribution in [0.25, 0.3) is 0 Å². The van der Waals surface area contributed by atoms with Gasteiger partial charge in [-0.15, -0.1) is 0 Å². The smallest absolute Gasteiger partial charge is 0.205 e. The minimum atomic E-state index is -0.759. The molecule has 2 atom stereocenters. The summed E-state index contributed by atoms with van der Waals surface area (Å²) in [5.74, 6) is -0.995. The van der Waals surface area contributed by atoms with E-state index in [1.165, 1.54) is 6.92 Å². The van der Waals surface area contributed by atoms with E-state index < -0.39 is 11.8 Å². The van der Waals surface area contributed by atoms with Crippen LogP contribution >= 0.6 is 0 Å². The van der Waals surface area contributed by atoms with Crippen LogP contribution in [0.3, 0.4) is 0 Å². The average molecular weight is 254 g/mol. The van der Waals surface area contributed by atoms with Crippen LogP contribution in [0.15, 0.2) is 41.7 Å². The minimum Gasteiger partial charge on any atom is -0.446 e. The summed E-state index contributed by atoms with van der Waals surface area (Å²) in [7, 11) is 0. The summed E-state index contributed by atoms with van der Waals surface area (Å²) in [5, 5.41) is 17.1. The lowest BCUT2D eigenvalue weighted by Gasteiger charge is -2.30. The number of rotatable bonds is 2. The molecule has 2 rings (SSSR count). The van der Waals surface area contributed by atoms with Gasteiger partial charge in [0, 0.05) is 11.5 Å². The zero-order valence-corrected chi connectivity index (χ0v) is 10.8. The second-order valence-electron chi connectivity index (χ2n) is 4.49. The molecule has 4 nitrogen and oxygen atoms in total. The van der Waals surface area contributed by atoms with E-state index in [1.807, 2.05) is 30.3 Å². The second kappa shape index (κ2) is 5.07. The monoisotopic (exact) mass is 254 g/mol. The van der Waals surface area contributed by atoms with Crippen molar-refractivity contribution >= 4 is 11.7 Å². The van der Waals surface area contributed by atoms with Crippen molar-refractivity contribution in [1.82, 2.24) is 0 Å². The van der Waals surface area contributed by atoms with Crippen molar-refractivity contribution in [2.75, 3.05) is 0 Å². The molecule has 1 aromatic rings. The number of ether oxygens (including phenoxy) is 1. The number of hydrogen-bond donors (Lipinski definition) is 1. The third kappa shape index (κ3) is 2.27. The molecule has 0 spiro atoms. The van der Waals surface area contributed by atoms with E-state index in [-0.39, 0.29) is 11.7 Å². The fourth-order valence-electron chi connectivity index (χ4n) is 2.44. The molecule has 1 aliphatic rings. The van der Waals surface area contributed by atoms with E-state index in [9.17, 15) is 10.1 Å². The van der Waals surface area contributed by atoms with Crippen LogP contribution in [0.1, 0.15) is 25.3 Å².